The fourth-order valence-corrected chi connectivity index (χ4v) is 1.38. The lowest BCUT2D eigenvalue weighted by molar-refractivity contribution is 0.579. The first-order valence-corrected chi connectivity index (χ1v) is 5.60. The van der Waals surface area contributed by atoms with Crippen molar-refractivity contribution in [3.8, 4) is 0 Å². The van der Waals surface area contributed by atoms with Gasteiger partial charge in [-0.05, 0) is 30.5 Å². The molecule has 3 nitrogen and oxygen atoms in total. The SMILES string of the molecule is CCCN=C(N)NCCc1cc(F)cc(F)c1. The first-order valence-electron chi connectivity index (χ1n) is 5.60. The third-order valence-electron chi connectivity index (χ3n) is 2.15. The van der Waals surface area contributed by atoms with E-state index in [2.05, 4.69) is 10.3 Å². The first kappa shape index (κ1) is 13.4. The third-order valence-corrected chi connectivity index (χ3v) is 2.15. The molecule has 1 rings (SSSR count). The van der Waals surface area contributed by atoms with Crippen molar-refractivity contribution in [3.63, 3.8) is 0 Å². The molecule has 0 unspecified atom stereocenters. The Bertz CT molecular complexity index is 371. The van der Waals surface area contributed by atoms with Crippen LogP contribution in [0.25, 0.3) is 0 Å². The van der Waals surface area contributed by atoms with Gasteiger partial charge in [0.1, 0.15) is 11.6 Å². The Balaban J connectivity index is 2.40. The predicted octanol–water partition coefficient (Wildman–Crippen LogP) is 1.82. The van der Waals surface area contributed by atoms with Gasteiger partial charge in [-0.2, -0.15) is 0 Å². The molecular weight excluding hydrogens is 224 g/mol. The van der Waals surface area contributed by atoms with Crippen molar-refractivity contribution in [2.24, 2.45) is 10.7 Å². The molecule has 0 saturated heterocycles. The number of hydrogen-bond acceptors (Lipinski definition) is 1. The zero-order valence-electron chi connectivity index (χ0n) is 9.84. The van der Waals surface area contributed by atoms with Crippen LogP contribution in [0, 0.1) is 11.6 Å². The van der Waals surface area contributed by atoms with Gasteiger partial charge in [0, 0.05) is 19.2 Å². The minimum atomic E-state index is -0.562. The number of hydrogen-bond donors (Lipinski definition) is 2. The maximum atomic E-state index is 12.9. The third kappa shape index (κ3) is 5.29. The van der Waals surface area contributed by atoms with Crippen LogP contribution in [0.2, 0.25) is 0 Å². The summed E-state index contributed by atoms with van der Waals surface area (Å²) in [6.45, 7) is 3.18. The molecule has 0 bridgehead atoms. The Labute approximate surface area is 99.7 Å². The molecule has 1 aromatic rings. The molecule has 0 saturated carbocycles. The molecule has 17 heavy (non-hydrogen) atoms. The molecule has 94 valence electrons. The minimum Gasteiger partial charge on any atom is -0.370 e. The van der Waals surface area contributed by atoms with Gasteiger partial charge in [-0.3, -0.25) is 4.99 Å². The summed E-state index contributed by atoms with van der Waals surface area (Å²) in [6.07, 6.45) is 1.43. The molecule has 5 heteroatoms. The van der Waals surface area contributed by atoms with E-state index in [-0.39, 0.29) is 0 Å². The highest BCUT2D eigenvalue weighted by Gasteiger charge is 2.00. The van der Waals surface area contributed by atoms with Gasteiger partial charge in [0.25, 0.3) is 0 Å². The maximum absolute atomic E-state index is 12.9. The zero-order chi connectivity index (χ0) is 12.7. The van der Waals surface area contributed by atoms with Gasteiger partial charge in [0.05, 0.1) is 0 Å². The van der Waals surface area contributed by atoms with E-state index >= 15 is 0 Å². The number of rotatable bonds is 5. The number of halogens is 2. The van der Waals surface area contributed by atoms with E-state index in [0.717, 1.165) is 12.5 Å². The van der Waals surface area contributed by atoms with E-state index in [9.17, 15) is 8.78 Å². The second kappa shape index (κ2) is 6.83. The van der Waals surface area contributed by atoms with E-state index in [1.165, 1.54) is 12.1 Å². The fourth-order valence-electron chi connectivity index (χ4n) is 1.38. The number of benzene rings is 1. The lowest BCUT2D eigenvalue weighted by Crippen LogP contribution is -2.33. The van der Waals surface area contributed by atoms with Gasteiger partial charge in [0.15, 0.2) is 5.96 Å². The van der Waals surface area contributed by atoms with Crippen LogP contribution in [0.3, 0.4) is 0 Å². The van der Waals surface area contributed by atoms with Gasteiger partial charge in [0.2, 0.25) is 0 Å². The van der Waals surface area contributed by atoms with Gasteiger partial charge in [-0.25, -0.2) is 8.78 Å². The average Bonchev–Trinajstić information content (AvgIpc) is 2.25. The topological polar surface area (TPSA) is 50.4 Å². The van der Waals surface area contributed by atoms with E-state index in [1.807, 2.05) is 6.92 Å². The number of nitrogens with zero attached hydrogens (tertiary/aromatic N) is 1. The molecule has 0 atom stereocenters. The normalized spacial score (nSPS) is 11.6. The summed E-state index contributed by atoms with van der Waals surface area (Å²) in [6, 6.07) is 3.47. The van der Waals surface area contributed by atoms with Gasteiger partial charge in [-0.15, -0.1) is 0 Å². The van der Waals surface area contributed by atoms with Crippen LogP contribution in [0.4, 0.5) is 8.78 Å². The zero-order valence-corrected chi connectivity index (χ0v) is 9.84. The Morgan fingerprint density at radius 1 is 1.29 bits per heavy atom. The Morgan fingerprint density at radius 2 is 1.94 bits per heavy atom. The van der Waals surface area contributed by atoms with Gasteiger partial charge < -0.3 is 11.1 Å². The molecular formula is C12H17F2N3. The molecule has 0 aliphatic heterocycles. The lowest BCUT2D eigenvalue weighted by atomic mass is 10.1. The van der Waals surface area contributed by atoms with Crippen molar-refractivity contribution in [2.75, 3.05) is 13.1 Å². The van der Waals surface area contributed by atoms with Gasteiger partial charge in [-0.1, -0.05) is 6.92 Å². The van der Waals surface area contributed by atoms with Crippen LogP contribution in [0.5, 0.6) is 0 Å². The van der Waals surface area contributed by atoms with E-state index < -0.39 is 11.6 Å². The smallest absolute Gasteiger partial charge is 0.188 e. The highest BCUT2D eigenvalue weighted by Crippen LogP contribution is 2.07. The molecule has 3 N–H and O–H groups in total. The van der Waals surface area contributed by atoms with Gasteiger partial charge >= 0.3 is 0 Å². The predicted molar refractivity (Wildman–Crippen MR) is 64.8 cm³/mol. The maximum Gasteiger partial charge on any atom is 0.188 e. The summed E-state index contributed by atoms with van der Waals surface area (Å²) in [4.78, 5) is 4.04. The second-order valence-corrected chi connectivity index (χ2v) is 3.72. The molecule has 0 fully saturated rings. The number of guanidine groups is 1. The highest BCUT2D eigenvalue weighted by molar-refractivity contribution is 5.77. The van der Waals surface area contributed by atoms with Crippen molar-refractivity contribution in [2.45, 2.75) is 19.8 Å². The van der Waals surface area contributed by atoms with Crippen molar-refractivity contribution < 1.29 is 8.78 Å². The molecule has 0 aliphatic carbocycles. The highest BCUT2D eigenvalue weighted by atomic mass is 19.1. The Kier molecular flexibility index (Phi) is 5.39. The molecule has 0 spiro atoms. The van der Waals surface area contributed by atoms with Crippen molar-refractivity contribution >= 4 is 5.96 Å². The summed E-state index contributed by atoms with van der Waals surface area (Å²) in [7, 11) is 0. The van der Waals surface area contributed by atoms with E-state index in [1.54, 1.807) is 0 Å². The van der Waals surface area contributed by atoms with Crippen LogP contribution in [-0.2, 0) is 6.42 Å². The standard InChI is InChI=1S/C12H17F2N3/c1-2-4-16-12(15)17-5-3-9-6-10(13)8-11(14)7-9/h6-8H,2-5H2,1H3,(H3,15,16,17). The summed E-state index contributed by atoms with van der Waals surface area (Å²) in [5.74, 6) is -0.760. The quantitative estimate of drug-likeness (QED) is 0.610. The molecule has 0 amide bonds. The monoisotopic (exact) mass is 241 g/mol. The molecule has 0 aliphatic rings. The lowest BCUT2D eigenvalue weighted by Gasteiger charge is -2.05. The van der Waals surface area contributed by atoms with Crippen LogP contribution >= 0.6 is 0 Å². The molecule has 0 heterocycles. The van der Waals surface area contributed by atoms with Crippen molar-refractivity contribution in [1.82, 2.24) is 5.32 Å². The Hall–Kier alpha value is -1.65. The number of nitrogens with two attached hydrogens (primary N) is 1. The minimum absolute atomic E-state index is 0.365. The summed E-state index contributed by atoms with van der Waals surface area (Å²) >= 11 is 0. The Morgan fingerprint density at radius 3 is 2.53 bits per heavy atom. The first-order chi connectivity index (χ1) is 8.11. The van der Waals surface area contributed by atoms with Crippen LogP contribution in [-0.4, -0.2) is 19.0 Å². The summed E-state index contributed by atoms with van der Waals surface area (Å²) in [5.41, 5.74) is 6.17. The summed E-state index contributed by atoms with van der Waals surface area (Å²) in [5, 5.41) is 2.89. The van der Waals surface area contributed by atoms with Crippen LogP contribution in [0.1, 0.15) is 18.9 Å². The second-order valence-electron chi connectivity index (χ2n) is 3.72. The van der Waals surface area contributed by atoms with Crippen LogP contribution < -0.4 is 11.1 Å². The van der Waals surface area contributed by atoms with E-state index in [4.69, 9.17) is 5.73 Å². The molecule has 0 aromatic heterocycles. The average molecular weight is 241 g/mol. The molecule has 1 aromatic carbocycles. The van der Waals surface area contributed by atoms with Crippen molar-refractivity contribution in [3.05, 3.63) is 35.4 Å². The number of nitrogens with one attached hydrogen (secondary N) is 1. The number of aliphatic imine (C=N–C) groups is 1. The largest absolute Gasteiger partial charge is 0.370 e. The fraction of sp³-hybridized carbons (Fsp3) is 0.417. The summed E-state index contributed by atoms with van der Waals surface area (Å²) < 4.78 is 25.7. The molecule has 0 radical (unpaired) electrons. The van der Waals surface area contributed by atoms with Crippen molar-refractivity contribution in [1.29, 1.82) is 0 Å². The van der Waals surface area contributed by atoms with Crippen LogP contribution in [0.15, 0.2) is 23.2 Å². The van der Waals surface area contributed by atoms with E-state index in [0.29, 0.717) is 31.0 Å².